The Kier molecular flexibility index (Phi) is 4.04. The van der Waals surface area contributed by atoms with Gasteiger partial charge in [-0.25, -0.2) is 8.42 Å². The van der Waals surface area contributed by atoms with E-state index in [2.05, 4.69) is 15.1 Å². The first-order valence-corrected chi connectivity index (χ1v) is 9.80. The van der Waals surface area contributed by atoms with Crippen molar-refractivity contribution < 1.29 is 8.42 Å². The monoisotopic (exact) mass is 343 g/mol. The van der Waals surface area contributed by atoms with Crippen LogP contribution in [0.1, 0.15) is 0 Å². The Labute approximate surface area is 142 Å². The molecule has 0 saturated carbocycles. The number of hydrogen-bond donors (Lipinski definition) is 1. The molecule has 0 aliphatic carbocycles. The van der Waals surface area contributed by atoms with Crippen LogP contribution in [0, 0.1) is 0 Å². The van der Waals surface area contributed by atoms with E-state index in [0.717, 1.165) is 50.6 Å². The van der Waals surface area contributed by atoms with Crippen molar-refractivity contribution in [2.45, 2.75) is 9.79 Å². The maximum absolute atomic E-state index is 12.9. The van der Waals surface area contributed by atoms with Gasteiger partial charge in [0.2, 0.25) is 9.84 Å². The molecule has 6 heteroatoms. The zero-order chi connectivity index (χ0) is 16.6. The number of piperazine rings is 1. The van der Waals surface area contributed by atoms with Gasteiger partial charge in [0.25, 0.3) is 0 Å². The highest BCUT2D eigenvalue weighted by atomic mass is 32.2. The van der Waals surface area contributed by atoms with E-state index in [4.69, 9.17) is 0 Å². The highest BCUT2D eigenvalue weighted by molar-refractivity contribution is 7.92. The summed E-state index contributed by atoms with van der Waals surface area (Å²) in [6.07, 6.45) is 0. The largest absolute Gasteiger partial charge is 0.338 e. The van der Waals surface area contributed by atoms with Crippen molar-refractivity contribution in [2.75, 3.05) is 44.2 Å². The average molecular weight is 343 g/mol. The summed E-state index contributed by atoms with van der Waals surface area (Å²) >= 11 is 0. The van der Waals surface area contributed by atoms with Crippen LogP contribution in [-0.4, -0.2) is 52.6 Å². The van der Waals surface area contributed by atoms with Gasteiger partial charge in [-0.2, -0.15) is 0 Å². The molecule has 2 heterocycles. The lowest BCUT2D eigenvalue weighted by Gasteiger charge is -2.35. The quantitative estimate of drug-likeness (QED) is 0.922. The number of hydrogen-bond acceptors (Lipinski definition) is 5. The highest BCUT2D eigenvalue weighted by Crippen LogP contribution is 2.43. The van der Waals surface area contributed by atoms with E-state index in [1.165, 1.54) is 0 Å². The Bertz CT molecular complexity index is 791. The Morgan fingerprint density at radius 2 is 1.38 bits per heavy atom. The van der Waals surface area contributed by atoms with Crippen LogP contribution >= 0.6 is 0 Å². The second-order valence-electron chi connectivity index (χ2n) is 6.18. The normalized spacial score (nSPS) is 19.6. The van der Waals surface area contributed by atoms with Crippen molar-refractivity contribution in [1.82, 2.24) is 10.2 Å². The zero-order valence-corrected chi connectivity index (χ0v) is 14.3. The van der Waals surface area contributed by atoms with Gasteiger partial charge in [0.05, 0.1) is 21.2 Å². The zero-order valence-electron chi connectivity index (χ0n) is 13.5. The minimum absolute atomic E-state index is 0.406. The molecule has 5 nitrogen and oxygen atoms in total. The van der Waals surface area contributed by atoms with Crippen LogP contribution in [0.4, 0.5) is 11.4 Å². The van der Waals surface area contributed by atoms with E-state index < -0.39 is 9.84 Å². The molecule has 0 spiro atoms. The second-order valence-corrected chi connectivity index (χ2v) is 8.07. The smallest absolute Gasteiger partial charge is 0.210 e. The number of nitrogens with one attached hydrogen (secondary N) is 1. The van der Waals surface area contributed by atoms with E-state index in [0.29, 0.717) is 9.79 Å². The van der Waals surface area contributed by atoms with Crippen LogP contribution in [0.25, 0.3) is 0 Å². The van der Waals surface area contributed by atoms with Gasteiger partial charge in [0.1, 0.15) is 0 Å². The van der Waals surface area contributed by atoms with E-state index in [1.54, 1.807) is 24.3 Å². The number of fused-ring (bicyclic) bond motifs is 2. The predicted octanol–water partition coefficient (Wildman–Crippen LogP) is 1.88. The van der Waals surface area contributed by atoms with Crippen LogP contribution in [0.15, 0.2) is 58.3 Å². The van der Waals surface area contributed by atoms with Gasteiger partial charge in [-0.1, -0.05) is 24.3 Å². The molecule has 4 rings (SSSR count). The molecule has 1 saturated heterocycles. The molecule has 0 bridgehead atoms. The standard InChI is InChI=1S/C18H21N3O2S/c22-24(23)17-7-3-1-5-15(17)21(16-6-2-4-8-18(16)24)14-13-20-11-9-19-10-12-20/h1-8,19H,9-14H2. The van der Waals surface area contributed by atoms with E-state index in [-0.39, 0.29) is 0 Å². The van der Waals surface area contributed by atoms with Crippen LogP contribution in [-0.2, 0) is 9.84 Å². The molecule has 2 aliphatic heterocycles. The number of para-hydroxylation sites is 2. The number of anilines is 2. The first-order chi connectivity index (χ1) is 11.7. The molecular formula is C18H21N3O2S. The van der Waals surface area contributed by atoms with Gasteiger partial charge in [-0.15, -0.1) is 0 Å². The van der Waals surface area contributed by atoms with Gasteiger partial charge < -0.3 is 10.2 Å². The minimum atomic E-state index is -3.44. The number of benzene rings is 2. The van der Waals surface area contributed by atoms with E-state index in [1.807, 2.05) is 24.3 Å². The summed E-state index contributed by atoms with van der Waals surface area (Å²) in [5.74, 6) is 0. The van der Waals surface area contributed by atoms with Crippen LogP contribution < -0.4 is 10.2 Å². The SMILES string of the molecule is O=S1(=O)c2ccccc2N(CCN2CCNCC2)c2ccccc21. The lowest BCUT2D eigenvalue weighted by molar-refractivity contribution is 0.247. The Morgan fingerprint density at radius 3 is 1.96 bits per heavy atom. The number of rotatable bonds is 3. The van der Waals surface area contributed by atoms with Crippen molar-refractivity contribution in [1.29, 1.82) is 0 Å². The summed E-state index contributed by atoms with van der Waals surface area (Å²) in [6, 6.07) is 14.6. The minimum Gasteiger partial charge on any atom is -0.338 e. The molecule has 0 atom stereocenters. The molecule has 0 unspecified atom stereocenters. The Morgan fingerprint density at radius 1 is 0.833 bits per heavy atom. The third-order valence-electron chi connectivity index (χ3n) is 4.74. The lowest BCUT2D eigenvalue weighted by Crippen LogP contribution is -2.46. The summed E-state index contributed by atoms with van der Waals surface area (Å²) < 4.78 is 25.8. The van der Waals surface area contributed by atoms with Gasteiger partial charge >= 0.3 is 0 Å². The highest BCUT2D eigenvalue weighted by Gasteiger charge is 2.33. The molecule has 2 aliphatic rings. The Balaban J connectivity index is 1.71. The van der Waals surface area contributed by atoms with Crippen molar-refractivity contribution in [3.63, 3.8) is 0 Å². The number of nitrogens with zero attached hydrogens (tertiary/aromatic N) is 2. The summed E-state index contributed by atoms with van der Waals surface area (Å²) in [7, 11) is -3.44. The molecule has 0 radical (unpaired) electrons. The topological polar surface area (TPSA) is 52.7 Å². The molecular weight excluding hydrogens is 322 g/mol. The van der Waals surface area contributed by atoms with Gasteiger partial charge in [-0.05, 0) is 24.3 Å². The van der Waals surface area contributed by atoms with Gasteiger partial charge in [0, 0.05) is 39.3 Å². The first kappa shape index (κ1) is 15.6. The molecule has 2 aromatic rings. The lowest BCUT2D eigenvalue weighted by atomic mass is 10.2. The van der Waals surface area contributed by atoms with Gasteiger partial charge in [0.15, 0.2) is 0 Å². The maximum atomic E-state index is 12.9. The first-order valence-electron chi connectivity index (χ1n) is 8.32. The van der Waals surface area contributed by atoms with Crippen molar-refractivity contribution >= 4 is 21.2 Å². The van der Waals surface area contributed by atoms with Crippen molar-refractivity contribution in [3.8, 4) is 0 Å². The molecule has 126 valence electrons. The molecule has 24 heavy (non-hydrogen) atoms. The summed E-state index contributed by atoms with van der Waals surface area (Å²) in [5.41, 5.74) is 1.57. The Hall–Kier alpha value is -1.89. The fraction of sp³-hybridized carbons (Fsp3) is 0.333. The summed E-state index contributed by atoms with van der Waals surface area (Å²) in [4.78, 5) is 5.38. The molecule has 1 fully saturated rings. The second kappa shape index (κ2) is 6.20. The fourth-order valence-electron chi connectivity index (χ4n) is 3.48. The van der Waals surface area contributed by atoms with Crippen LogP contribution in [0.2, 0.25) is 0 Å². The maximum Gasteiger partial charge on any atom is 0.210 e. The molecule has 0 aromatic heterocycles. The third kappa shape index (κ3) is 2.60. The third-order valence-corrected chi connectivity index (χ3v) is 6.59. The predicted molar refractivity (Wildman–Crippen MR) is 94.7 cm³/mol. The molecule has 0 amide bonds. The van der Waals surface area contributed by atoms with E-state index in [9.17, 15) is 8.42 Å². The van der Waals surface area contributed by atoms with Crippen LogP contribution in [0.5, 0.6) is 0 Å². The van der Waals surface area contributed by atoms with Crippen molar-refractivity contribution in [2.24, 2.45) is 0 Å². The van der Waals surface area contributed by atoms with E-state index >= 15 is 0 Å². The molecule has 1 N–H and O–H groups in total. The molecule has 2 aromatic carbocycles. The summed E-state index contributed by atoms with van der Waals surface area (Å²) in [5, 5.41) is 3.36. The fourth-order valence-corrected chi connectivity index (χ4v) is 5.14. The summed E-state index contributed by atoms with van der Waals surface area (Å²) in [6.45, 7) is 5.81. The number of sulfone groups is 1. The average Bonchev–Trinajstić information content (AvgIpc) is 2.63. The van der Waals surface area contributed by atoms with Gasteiger partial charge in [-0.3, -0.25) is 4.90 Å². The van der Waals surface area contributed by atoms with Crippen LogP contribution in [0.3, 0.4) is 0 Å². The van der Waals surface area contributed by atoms with Crippen molar-refractivity contribution in [3.05, 3.63) is 48.5 Å².